The lowest BCUT2D eigenvalue weighted by Gasteiger charge is -2.26. The van der Waals surface area contributed by atoms with Crippen LogP contribution in [0.15, 0.2) is 59.3 Å². The van der Waals surface area contributed by atoms with Crippen LogP contribution in [0.4, 0.5) is 11.4 Å². The van der Waals surface area contributed by atoms with E-state index >= 15 is 0 Å². The first-order valence-corrected chi connectivity index (χ1v) is 11.2. The molecule has 2 aliphatic heterocycles. The van der Waals surface area contributed by atoms with Gasteiger partial charge in [0.25, 0.3) is 17.7 Å². The molecule has 34 heavy (non-hydrogen) atoms. The van der Waals surface area contributed by atoms with Crippen molar-refractivity contribution in [2.45, 2.75) is 0 Å². The Hall–Kier alpha value is -3.40. The average molecular weight is 485 g/mol. The lowest BCUT2D eigenvalue weighted by molar-refractivity contribution is -0.120. The summed E-state index contributed by atoms with van der Waals surface area (Å²) in [5.41, 5.74) is 1.37. The number of ether oxygens (including phenoxy) is 2. The fourth-order valence-electron chi connectivity index (χ4n) is 3.68. The zero-order chi connectivity index (χ0) is 24.1. The number of imide groups is 1. The summed E-state index contributed by atoms with van der Waals surface area (Å²) in [4.78, 5) is 41.2. The van der Waals surface area contributed by atoms with Crippen molar-refractivity contribution in [1.29, 1.82) is 0 Å². The predicted octanol–water partition coefficient (Wildman–Crippen LogP) is 2.19. The number of nitrogens with one attached hydrogen (secondary N) is 2. The molecule has 1 fully saturated rings. The Kier molecular flexibility index (Phi) is 7.46. The van der Waals surface area contributed by atoms with Gasteiger partial charge in [-0.2, -0.15) is 0 Å². The van der Waals surface area contributed by atoms with Crippen LogP contribution in [0.25, 0.3) is 0 Å². The SMILES string of the molecule is COc1ccc(N2C(=O)C(Cl)=C(Nc3ccc(C(=O)NCCN4CCOCC4)cc3)C2=O)cc1. The zero-order valence-electron chi connectivity index (χ0n) is 18.7. The number of benzene rings is 2. The highest BCUT2D eigenvalue weighted by Gasteiger charge is 2.39. The quantitative estimate of drug-likeness (QED) is 0.554. The summed E-state index contributed by atoms with van der Waals surface area (Å²) in [6.45, 7) is 4.47. The molecule has 0 radical (unpaired) electrons. The molecule has 3 amide bonds. The third kappa shape index (κ3) is 5.22. The Bertz CT molecular complexity index is 1100. The molecule has 10 heteroatoms. The number of anilines is 2. The molecule has 9 nitrogen and oxygen atoms in total. The number of rotatable bonds is 8. The Morgan fingerprint density at radius 1 is 1.03 bits per heavy atom. The number of halogens is 1. The minimum absolute atomic E-state index is 0.0230. The normalized spacial score (nSPS) is 16.7. The molecule has 0 aromatic heterocycles. The van der Waals surface area contributed by atoms with E-state index < -0.39 is 11.8 Å². The zero-order valence-corrected chi connectivity index (χ0v) is 19.4. The van der Waals surface area contributed by atoms with Crippen molar-refractivity contribution in [2.24, 2.45) is 0 Å². The average Bonchev–Trinajstić information content (AvgIpc) is 3.08. The van der Waals surface area contributed by atoms with Gasteiger partial charge in [0.1, 0.15) is 16.5 Å². The number of nitrogens with zero attached hydrogens (tertiary/aromatic N) is 2. The lowest BCUT2D eigenvalue weighted by atomic mass is 10.2. The van der Waals surface area contributed by atoms with Crippen LogP contribution in [0.5, 0.6) is 5.75 Å². The monoisotopic (exact) mass is 484 g/mol. The van der Waals surface area contributed by atoms with Gasteiger partial charge >= 0.3 is 0 Å². The van der Waals surface area contributed by atoms with Crippen molar-refractivity contribution >= 4 is 40.7 Å². The van der Waals surface area contributed by atoms with Crippen molar-refractivity contribution < 1.29 is 23.9 Å². The number of methoxy groups -OCH3 is 1. The largest absolute Gasteiger partial charge is 0.497 e. The van der Waals surface area contributed by atoms with Crippen LogP contribution in [0, 0.1) is 0 Å². The minimum Gasteiger partial charge on any atom is -0.497 e. The van der Waals surface area contributed by atoms with Crippen LogP contribution >= 0.6 is 11.6 Å². The standard InChI is InChI=1S/C24H25ClN4O5/c1-33-19-8-6-18(7-9-19)29-23(31)20(25)21(24(29)32)27-17-4-2-16(3-5-17)22(30)26-10-11-28-12-14-34-15-13-28/h2-9,27H,10-15H2,1H3,(H,26,30). The molecule has 0 saturated carbocycles. The van der Waals surface area contributed by atoms with E-state index in [1.54, 1.807) is 48.5 Å². The van der Waals surface area contributed by atoms with E-state index in [4.69, 9.17) is 21.1 Å². The van der Waals surface area contributed by atoms with Gasteiger partial charge in [0.2, 0.25) is 0 Å². The van der Waals surface area contributed by atoms with Gasteiger partial charge in [0, 0.05) is 37.4 Å². The van der Waals surface area contributed by atoms with Gasteiger partial charge in [0.15, 0.2) is 0 Å². The molecule has 0 aliphatic carbocycles. The number of hydrogen-bond donors (Lipinski definition) is 2. The maximum absolute atomic E-state index is 12.9. The van der Waals surface area contributed by atoms with Crippen molar-refractivity contribution in [3.8, 4) is 5.75 Å². The predicted molar refractivity (Wildman–Crippen MR) is 128 cm³/mol. The first kappa shape index (κ1) is 23.7. The summed E-state index contributed by atoms with van der Waals surface area (Å²) >= 11 is 6.18. The molecule has 2 heterocycles. The first-order chi connectivity index (χ1) is 16.5. The molecular formula is C24H25ClN4O5. The molecule has 2 aromatic rings. The highest BCUT2D eigenvalue weighted by Crippen LogP contribution is 2.31. The summed E-state index contributed by atoms with van der Waals surface area (Å²) in [6.07, 6.45) is 0. The van der Waals surface area contributed by atoms with E-state index in [9.17, 15) is 14.4 Å². The Balaban J connectivity index is 1.36. The molecule has 2 aliphatic rings. The Labute approximate surface area is 202 Å². The van der Waals surface area contributed by atoms with Crippen molar-refractivity contribution in [3.63, 3.8) is 0 Å². The van der Waals surface area contributed by atoms with Gasteiger partial charge in [-0.25, -0.2) is 4.90 Å². The van der Waals surface area contributed by atoms with Crippen molar-refractivity contribution in [3.05, 3.63) is 64.8 Å². The van der Waals surface area contributed by atoms with Crippen LogP contribution in [-0.2, 0) is 14.3 Å². The number of hydrogen-bond acceptors (Lipinski definition) is 7. The molecule has 1 saturated heterocycles. The molecule has 0 spiro atoms. The highest BCUT2D eigenvalue weighted by atomic mass is 35.5. The summed E-state index contributed by atoms with van der Waals surface area (Å²) < 4.78 is 10.4. The summed E-state index contributed by atoms with van der Waals surface area (Å²) in [6, 6.07) is 13.1. The lowest BCUT2D eigenvalue weighted by Crippen LogP contribution is -2.41. The topological polar surface area (TPSA) is 100 Å². The molecule has 0 atom stereocenters. The third-order valence-corrected chi connectivity index (χ3v) is 5.94. The molecule has 2 aromatic carbocycles. The molecule has 0 unspecified atom stereocenters. The van der Waals surface area contributed by atoms with Crippen LogP contribution in [0.2, 0.25) is 0 Å². The second-order valence-corrected chi connectivity index (χ2v) is 8.12. The van der Waals surface area contributed by atoms with Gasteiger partial charge in [-0.05, 0) is 48.5 Å². The Morgan fingerprint density at radius 2 is 1.71 bits per heavy atom. The van der Waals surface area contributed by atoms with Gasteiger partial charge in [-0.15, -0.1) is 0 Å². The van der Waals surface area contributed by atoms with E-state index in [1.807, 2.05) is 0 Å². The van der Waals surface area contributed by atoms with E-state index in [2.05, 4.69) is 15.5 Å². The summed E-state index contributed by atoms with van der Waals surface area (Å²) in [7, 11) is 1.53. The number of carbonyl (C=O) groups excluding carboxylic acids is 3. The fourth-order valence-corrected chi connectivity index (χ4v) is 3.89. The summed E-state index contributed by atoms with van der Waals surface area (Å²) in [5, 5.41) is 5.61. The molecule has 178 valence electrons. The maximum Gasteiger partial charge on any atom is 0.283 e. The number of morpholine rings is 1. The molecule has 0 bridgehead atoms. The highest BCUT2D eigenvalue weighted by molar-refractivity contribution is 6.53. The van der Waals surface area contributed by atoms with Gasteiger partial charge in [-0.1, -0.05) is 11.6 Å². The van der Waals surface area contributed by atoms with E-state index in [1.165, 1.54) is 7.11 Å². The van der Waals surface area contributed by atoms with Crippen LogP contribution in [0.3, 0.4) is 0 Å². The van der Waals surface area contributed by atoms with Gasteiger partial charge in [-0.3, -0.25) is 19.3 Å². The molecule has 4 rings (SSSR count). The minimum atomic E-state index is -0.615. The van der Waals surface area contributed by atoms with Crippen molar-refractivity contribution in [2.75, 3.05) is 56.7 Å². The number of amides is 3. The van der Waals surface area contributed by atoms with Crippen LogP contribution in [-0.4, -0.2) is 69.1 Å². The second kappa shape index (κ2) is 10.7. The van der Waals surface area contributed by atoms with Crippen LogP contribution in [0.1, 0.15) is 10.4 Å². The van der Waals surface area contributed by atoms with Gasteiger partial charge < -0.3 is 20.1 Å². The van der Waals surface area contributed by atoms with E-state index in [-0.39, 0.29) is 16.6 Å². The summed E-state index contributed by atoms with van der Waals surface area (Å²) in [5.74, 6) is -0.763. The molecular weight excluding hydrogens is 460 g/mol. The number of carbonyl (C=O) groups is 3. The Morgan fingerprint density at radius 3 is 2.35 bits per heavy atom. The smallest absolute Gasteiger partial charge is 0.283 e. The third-order valence-electron chi connectivity index (χ3n) is 5.59. The van der Waals surface area contributed by atoms with Crippen LogP contribution < -0.4 is 20.3 Å². The molecule has 2 N–H and O–H groups in total. The fraction of sp³-hybridized carbons (Fsp3) is 0.292. The second-order valence-electron chi connectivity index (χ2n) is 7.74. The first-order valence-electron chi connectivity index (χ1n) is 10.9. The maximum atomic E-state index is 12.9. The van der Waals surface area contributed by atoms with Gasteiger partial charge in [0.05, 0.1) is 26.0 Å². The van der Waals surface area contributed by atoms with E-state index in [0.717, 1.165) is 37.7 Å². The van der Waals surface area contributed by atoms with Crippen molar-refractivity contribution in [1.82, 2.24) is 10.2 Å². The van der Waals surface area contributed by atoms with E-state index in [0.29, 0.717) is 29.2 Å².